The molecule has 0 radical (unpaired) electrons. The van der Waals surface area contributed by atoms with Crippen molar-refractivity contribution in [1.82, 2.24) is 0 Å². The van der Waals surface area contributed by atoms with Crippen LogP contribution >= 0.6 is 56.9 Å². The van der Waals surface area contributed by atoms with E-state index in [1.54, 1.807) is 42.5 Å². The van der Waals surface area contributed by atoms with Gasteiger partial charge in [-0.05, 0) is 98.4 Å². The number of non-ortho nitro benzene ring substituents is 1. The number of nitro benzene ring substituents is 1. The molecule has 0 N–H and O–H groups in total. The number of para-hydroxylation sites is 1. The fraction of sp³-hybridized carbons (Fsp3) is 0.0435. The fourth-order valence-corrected chi connectivity index (χ4v) is 6.10. The first-order valence-corrected chi connectivity index (χ1v) is 12.5. The second-order valence-electron chi connectivity index (χ2n) is 6.88. The molecule has 3 aromatic carbocycles. The smallest absolute Gasteiger partial charge is 0.298 e. The second kappa shape index (κ2) is 10.2. The standard InChI is InChI=1S/C23H14I2N2O5S/c24-18-10-15(12-20-22(28)26(23(29)33-20)16-6-2-1-3-7-16)11-19(25)21(18)32-13-14-5-4-8-17(9-14)27(30)31/h1-12H,13H2/b20-12-. The van der Waals surface area contributed by atoms with Gasteiger partial charge in [0.2, 0.25) is 0 Å². The molecule has 1 saturated heterocycles. The van der Waals surface area contributed by atoms with Crippen LogP contribution in [0.4, 0.5) is 16.2 Å². The Bertz CT molecular complexity index is 1270. The van der Waals surface area contributed by atoms with Crippen LogP contribution < -0.4 is 9.64 Å². The molecule has 33 heavy (non-hydrogen) atoms. The SMILES string of the molecule is O=C1S/C(=C\c2cc(I)c(OCc3cccc([N+](=O)[O-])c3)c(I)c2)C(=O)N1c1ccccc1. The molecule has 166 valence electrons. The third kappa shape index (κ3) is 5.38. The monoisotopic (exact) mass is 684 g/mol. The van der Waals surface area contributed by atoms with Crippen molar-refractivity contribution in [3.8, 4) is 5.75 Å². The molecule has 0 atom stereocenters. The molecule has 1 aliphatic rings. The summed E-state index contributed by atoms with van der Waals surface area (Å²) >= 11 is 5.20. The number of hydrogen-bond donors (Lipinski definition) is 0. The normalized spacial score (nSPS) is 14.7. The van der Waals surface area contributed by atoms with Crippen LogP contribution in [0.2, 0.25) is 0 Å². The number of thioether (sulfide) groups is 1. The van der Waals surface area contributed by atoms with Crippen molar-refractivity contribution in [3.05, 3.63) is 100 Å². The average molecular weight is 684 g/mol. The highest BCUT2D eigenvalue weighted by molar-refractivity contribution is 14.1. The third-order valence-corrected chi connectivity index (χ3v) is 7.10. The lowest BCUT2D eigenvalue weighted by atomic mass is 10.2. The molecular weight excluding hydrogens is 670 g/mol. The minimum atomic E-state index is -0.439. The van der Waals surface area contributed by atoms with Gasteiger partial charge < -0.3 is 4.74 Å². The number of carbonyl (C=O) groups is 2. The number of carbonyl (C=O) groups excluding carboxylic acids is 2. The average Bonchev–Trinajstić information content (AvgIpc) is 3.06. The summed E-state index contributed by atoms with van der Waals surface area (Å²) in [6.45, 7) is 0.184. The lowest BCUT2D eigenvalue weighted by Gasteiger charge is -2.12. The largest absolute Gasteiger partial charge is 0.487 e. The summed E-state index contributed by atoms with van der Waals surface area (Å²) < 4.78 is 7.57. The Labute approximate surface area is 220 Å². The van der Waals surface area contributed by atoms with Crippen molar-refractivity contribution in [2.24, 2.45) is 0 Å². The zero-order chi connectivity index (χ0) is 23.5. The molecule has 1 aliphatic heterocycles. The highest BCUT2D eigenvalue weighted by Crippen LogP contribution is 2.37. The van der Waals surface area contributed by atoms with E-state index < -0.39 is 4.92 Å². The number of rotatable bonds is 6. The summed E-state index contributed by atoms with van der Waals surface area (Å²) in [6.07, 6.45) is 1.70. The van der Waals surface area contributed by atoms with Crippen LogP contribution in [0, 0.1) is 17.3 Å². The first kappa shape index (κ1) is 23.7. The van der Waals surface area contributed by atoms with Gasteiger partial charge in [0.25, 0.3) is 16.8 Å². The van der Waals surface area contributed by atoms with E-state index in [0.717, 1.165) is 24.5 Å². The number of benzene rings is 3. The number of anilines is 1. The van der Waals surface area contributed by atoms with Crippen molar-refractivity contribution in [2.75, 3.05) is 4.90 Å². The van der Waals surface area contributed by atoms with Gasteiger partial charge in [-0.15, -0.1) is 0 Å². The third-order valence-electron chi connectivity index (χ3n) is 4.63. The Balaban J connectivity index is 1.53. The Morgan fingerprint density at radius 2 is 1.70 bits per heavy atom. The van der Waals surface area contributed by atoms with Gasteiger partial charge in [-0.3, -0.25) is 19.7 Å². The topological polar surface area (TPSA) is 89.7 Å². The van der Waals surface area contributed by atoms with Crippen molar-refractivity contribution in [2.45, 2.75) is 6.61 Å². The number of amides is 2. The molecule has 4 rings (SSSR count). The number of imide groups is 1. The van der Waals surface area contributed by atoms with Crippen molar-refractivity contribution < 1.29 is 19.2 Å². The van der Waals surface area contributed by atoms with Gasteiger partial charge in [0, 0.05) is 12.1 Å². The Hall–Kier alpha value is -2.45. The van der Waals surface area contributed by atoms with E-state index in [4.69, 9.17) is 4.74 Å². The summed E-state index contributed by atoms with van der Waals surface area (Å²) in [5.74, 6) is 0.296. The van der Waals surface area contributed by atoms with E-state index in [2.05, 4.69) is 45.2 Å². The minimum absolute atomic E-state index is 0.0142. The Kier molecular flexibility index (Phi) is 7.34. The maximum atomic E-state index is 12.8. The molecule has 10 heteroatoms. The molecule has 0 bridgehead atoms. The van der Waals surface area contributed by atoms with Gasteiger partial charge in [0.05, 0.1) is 22.7 Å². The number of ether oxygens (including phenoxy) is 1. The van der Waals surface area contributed by atoms with Crippen molar-refractivity contribution in [1.29, 1.82) is 0 Å². The van der Waals surface area contributed by atoms with Crippen LogP contribution in [0.3, 0.4) is 0 Å². The summed E-state index contributed by atoms with van der Waals surface area (Å²) in [5.41, 5.74) is 2.01. The Morgan fingerprint density at radius 1 is 1.00 bits per heavy atom. The Morgan fingerprint density at radius 3 is 2.36 bits per heavy atom. The van der Waals surface area contributed by atoms with Gasteiger partial charge in [0.15, 0.2) is 0 Å². The molecule has 7 nitrogen and oxygen atoms in total. The summed E-state index contributed by atoms with van der Waals surface area (Å²) in [5, 5.41) is 10.6. The lowest BCUT2D eigenvalue weighted by molar-refractivity contribution is -0.384. The predicted molar refractivity (Wildman–Crippen MR) is 144 cm³/mol. The molecule has 2 amide bonds. The van der Waals surface area contributed by atoms with E-state index in [0.29, 0.717) is 21.9 Å². The number of nitro groups is 1. The molecule has 1 fully saturated rings. The van der Waals surface area contributed by atoms with Gasteiger partial charge in [-0.25, -0.2) is 4.90 Å². The molecule has 1 heterocycles. The van der Waals surface area contributed by atoms with E-state index in [1.807, 2.05) is 18.2 Å². The highest BCUT2D eigenvalue weighted by atomic mass is 127. The first-order valence-electron chi connectivity index (χ1n) is 9.51. The number of hydrogen-bond acceptors (Lipinski definition) is 6. The van der Waals surface area contributed by atoms with Crippen LogP contribution in [-0.2, 0) is 11.4 Å². The van der Waals surface area contributed by atoms with E-state index in [1.165, 1.54) is 17.0 Å². The summed E-state index contributed by atoms with van der Waals surface area (Å²) in [6, 6.07) is 18.9. The van der Waals surface area contributed by atoms with Crippen LogP contribution in [0.25, 0.3) is 6.08 Å². The van der Waals surface area contributed by atoms with Crippen molar-refractivity contribution >= 4 is 85.5 Å². The first-order chi connectivity index (χ1) is 15.8. The lowest BCUT2D eigenvalue weighted by Crippen LogP contribution is -2.27. The maximum Gasteiger partial charge on any atom is 0.298 e. The number of halogens is 2. The van der Waals surface area contributed by atoms with Gasteiger partial charge in [0.1, 0.15) is 12.4 Å². The van der Waals surface area contributed by atoms with Gasteiger partial charge >= 0.3 is 0 Å². The second-order valence-corrected chi connectivity index (χ2v) is 10.2. The molecule has 0 saturated carbocycles. The van der Waals surface area contributed by atoms with E-state index >= 15 is 0 Å². The number of nitrogens with zero attached hydrogens (tertiary/aromatic N) is 2. The quantitative estimate of drug-likeness (QED) is 0.126. The predicted octanol–water partition coefficient (Wildman–Crippen LogP) is 6.62. The van der Waals surface area contributed by atoms with Gasteiger partial charge in [-0.2, -0.15) is 0 Å². The van der Waals surface area contributed by atoms with Gasteiger partial charge in [-0.1, -0.05) is 30.3 Å². The molecule has 3 aromatic rings. The van der Waals surface area contributed by atoms with Crippen LogP contribution in [0.1, 0.15) is 11.1 Å². The summed E-state index contributed by atoms with van der Waals surface area (Å²) in [7, 11) is 0. The molecule has 0 aromatic heterocycles. The molecule has 0 aliphatic carbocycles. The van der Waals surface area contributed by atoms with Crippen LogP contribution in [0.15, 0.2) is 71.6 Å². The molecular formula is C23H14I2N2O5S. The van der Waals surface area contributed by atoms with Crippen molar-refractivity contribution in [3.63, 3.8) is 0 Å². The van der Waals surface area contributed by atoms with E-state index in [9.17, 15) is 19.7 Å². The van der Waals surface area contributed by atoms with Crippen LogP contribution in [0.5, 0.6) is 5.75 Å². The molecule has 0 unspecified atom stereocenters. The zero-order valence-corrected chi connectivity index (χ0v) is 21.9. The highest BCUT2D eigenvalue weighted by Gasteiger charge is 2.36. The zero-order valence-electron chi connectivity index (χ0n) is 16.7. The van der Waals surface area contributed by atoms with E-state index in [-0.39, 0.29) is 23.4 Å². The molecule has 0 spiro atoms. The maximum absolute atomic E-state index is 12.8. The van der Waals surface area contributed by atoms with Crippen LogP contribution in [-0.4, -0.2) is 16.1 Å². The fourth-order valence-electron chi connectivity index (χ4n) is 3.13. The summed E-state index contributed by atoms with van der Waals surface area (Å²) in [4.78, 5) is 37.3. The minimum Gasteiger partial charge on any atom is -0.487 e.